The average molecular weight is 489 g/mol. The second-order valence-electron chi connectivity index (χ2n) is 7.58. The highest BCUT2D eigenvalue weighted by atomic mass is 35.5. The van der Waals surface area contributed by atoms with Crippen LogP contribution in [-0.2, 0) is 15.3 Å². The lowest BCUT2D eigenvalue weighted by Gasteiger charge is -2.29. The van der Waals surface area contributed by atoms with E-state index in [2.05, 4.69) is 10.3 Å². The van der Waals surface area contributed by atoms with Crippen LogP contribution in [0.5, 0.6) is 0 Å². The molecule has 0 aliphatic carbocycles. The summed E-state index contributed by atoms with van der Waals surface area (Å²) in [4.78, 5) is 17.7. The first-order chi connectivity index (χ1) is 15.3. The molecule has 166 valence electrons. The third-order valence-electron chi connectivity index (χ3n) is 4.91. The van der Waals surface area contributed by atoms with E-state index in [0.717, 1.165) is 11.1 Å². The minimum Gasteiger partial charge on any atom is -0.459 e. The summed E-state index contributed by atoms with van der Waals surface area (Å²) in [6.07, 6.45) is -0.256. The highest BCUT2D eigenvalue weighted by molar-refractivity contribution is 7.98. The minimum absolute atomic E-state index is 0.256. The van der Waals surface area contributed by atoms with E-state index in [0.29, 0.717) is 38.2 Å². The Morgan fingerprint density at radius 1 is 1.16 bits per heavy atom. The maximum atomic E-state index is 13.0. The summed E-state index contributed by atoms with van der Waals surface area (Å²) in [7, 11) is 0. The molecule has 0 bridgehead atoms. The van der Waals surface area contributed by atoms with Crippen LogP contribution in [0.1, 0.15) is 37.9 Å². The molecular formula is C23H22Cl2N4O2S. The Kier molecular flexibility index (Phi) is 6.79. The van der Waals surface area contributed by atoms with Crippen molar-refractivity contribution in [3.63, 3.8) is 0 Å². The van der Waals surface area contributed by atoms with Crippen molar-refractivity contribution in [1.29, 1.82) is 0 Å². The molecule has 1 aliphatic rings. The molecule has 4 rings (SSSR count). The zero-order valence-electron chi connectivity index (χ0n) is 17.8. The van der Waals surface area contributed by atoms with Crippen molar-refractivity contribution in [3.8, 4) is 0 Å². The van der Waals surface area contributed by atoms with Crippen LogP contribution in [0.15, 0.2) is 65.0 Å². The number of aromatic nitrogens is 3. The van der Waals surface area contributed by atoms with Crippen LogP contribution >= 0.6 is 35.0 Å². The van der Waals surface area contributed by atoms with Crippen LogP contribution in [-0.4, -0.2) is 26.8 Å². The van der Waals surface area contributed by atoms with Crippen molar-refractivity contribution in [1.82, 2.24) is 14.8 Å². The predicted octanol–water partition coefficient (Wildman–Crippen LogP) is 6.12. The van der Waals surface area contributed by atoms with Crippen LogP contribution in [0.25, 0.3) is 0 Å². The van der Waals surface area contributed by atoms with Gasteiger partial charge >= 0.3 is 5.97 Å². The first kappa shape index (κ1) is 22.7. The molecule has 1 aromatic heterocycles. The zero-order valence-corrected chi connectivity index (χ0v) is 20.1. The van der Waals surface area contributed by atoms with Gasteiger partial charge in [-0.15, -0.1) is 5.10 Å². The lowest BCUT2D eigenvalue weighted by atomic mass is 9.95. The highest BCUT2D eigenvalue weighted by Gasteiger charge is 2.36. The van der Waals surface area contributed by atoms with E-state index < -0.39 is 12.0 Å². The molecule has 32 heavy (non-hydrogen) atoms. The topological polar surface area (TPSA) is 69.0 Å². The number of thioether (sulfide) groups is 1. The molecule has 1 unspecified atom stereocenters. The maximum Gasteiger partial charge on any atom is 0.338 e. The molecule has 3 aromatic rings. The molecule has 0 saturated heterocycles. The smallest absolute Gasteiger partial charge is 0.338 e. The van der Waals surface area contributed by atoms with Gasteiger partial charge in [-0.3, -0.25) is 0 Å². The van der Waals surface area contributed by atoms with E-state index in [-0.39, 0.29) is 6.10 Å². The van der Waals surface area contributed by atoms with Gasteiger partial charge in [-0.1, -0.05) is 71.4 Å². The Morgan fingerprint density at radius 2 is 1.84 bits per heavy atom. The number of carbonyl (C=O) groups is 1. The van der Waals surface area contributed by atoms with Crippen LogP contribution in [0.3, 0.4) is 0 Å². The van der Waals surface area contributed by atoms with Crippen molar-refractivity contribution in [2.45, 2.75) is 43.8 Å². The number of fused-ring (bicyclic) bond motifs is 1. The van der Waals surface area contributed by atoms with Crippen LogP contribution in [0.4, 0.5) is 5.95 Å². The molecule has 0 radical (unpaired) electrons. The van der Waals surface area contributed by atoms with Gasteiger partial charge in [0.1, 0.15) is 6.04 Å². The fourth-order valence-electron chi connectivity index (χ4n) is 3.48. The second-order valence-corrected chi connectivity index (χ2v) is 9.34. The fourth-order valence-corrected chi connectivity index (χ4v) is 4.83. The number of allylic oxidation sites excluding steroid dienone is 1. The Bertz CT molecular complexity index is 1190. The van der Waals surface area contributed by atoms with Gasteiger partial charge in [0.05, 0.1) is 11.7 Å². The van der Waals surface area contributed by atoms with E-state index in [1.54, 1.807) is 10.7 Å². The summed E-state index contributed by atoms with van der Waals surface area (Å²) in [5.74, 6) is 0.741. The van der Waals surface area contributed by atoms with Gasteiger partial charge < -0.3 is 10.1 Å². The molecule has 9 heteroatoms. The Morgan fingerprint density at radius 3 is 2.53 bits per heavy atom. The molecule has 1 N–H and O–H groups in total. The summed E-state index contributed by atoms with van der Waals surface area (Å²) in [5, 5.41) is 9.70. The largest absolute Gasteiger partial charge is 0.459 e. The quantitative estimate of drug-likeness (QED) is 0.333. The normalized spacial score (nSPS) is 15.5. The Balaban J connectivity index is 1.72. The maximum absolute atomic E-state index is 13.0. The molecule has 0 saturated carbocycles. The molecule has 2 heterocycles. The predicted molar refractivity (Wildman–Crippen MR) is 128 cm³/mol. The first-order valence-corrected chi connectivity index (χ1v) is 11.8. The summed E-state index contributed by atoms with van der Waals surface area (Å²) in [6.45, 7) is 5.47. The average Bonchev–Trinajstić information content (AvgIpc) is 3.14. The van der Waals surface area contributed by atoms with Gasteiger partial charge in [0.25, 0.3) is 0 Å². The number of anilines is 1. The van der Waals surface area contributed by atoms with E-state index in [4.69, 9.17) is 33.0 Å². The first-order valence-electron chi connectivity index (χ1n) is 10.1. The third-order valence-corrected chi connectivity index (χ3v) is 6.51. The van der Waals surface area contributed by atoms with E-state index in [1.807, 2.05) is 63.2 Å². The minimum atomic E-state index is -0.562. The number of ether oxygens (including phenoxy) is 1. The standard InChI is InChI=1S/C23H22Cl2N4O2S/c1-13(2)31-21(30)19-14(3)26-22-27-23(32-12-15-8-4-6-10-17(15)24)28-29(22)20(19)16-9-5-7-11-18(16)25/h4-11,13,20H,12H2,1-3H3,(H,26,27,28). The van der Waals surface area contributed by atoms with Gasteiger partial charge in [-0.2, -0.15) is 4.98 Å². The van der Waals surface area contributed by atoms with Crippen molar-refractivity contribution in [2.24, 2.45) is 0 Å². The molecule has 1 atom stereocenters. The van der Waals surface area contributed by atoms with Crippen molar-refractivity contribution >= 4 is 46.9 Å². The molecule has 0 amide bonds. The van der Waals surface area contributed by atoms with Crippen molar-refractivity contribution in [2.75, 3.05) is 5.32 Å². The third kappa shape index (κ3) is 4.65. The summed E-state index contributed by atoms with van der Waals surface area (Å²) >= 11 is 14.3. The van der Waals surface area contributed by atoms with Crippen LogP contribution in [0.2, 0.25) is 10.0 Å². The monoisotopic (exact) mass is 488 g/mol. The zero-order chi connectivity index (χ0) is 22.8. The Labute approximate surface area is 201 Å². The number of hydrogen-bond donors (Lipinski definition) is 1. The number of nitrogens with zero attached hydrogens (tertiary/aromatic N) is 3. The number of halogens is 2. The van der Waals surface area contributed by atoms with Gasteiger partial charge in [0, 0.05) is 27.1 Å². The molecular weight excluding hydrogens is 467 g/mol. The molecule has 2 aromatic carbocycles. The number of esters is 1. The van der Waals surface area contributed by atoms with Crippen molar-refractivity contribution < 1.29 is 9.53 Å². The number of rotatable bonds is 6. The van der Waals surface area contributed by atoms with Gasteiger partial charge in [-0.05, 0) is 38.5 Å². The number of carbonyl (C=O) groups excluding carboxylic acids is 1. The van der Waals surface area contributed by atoms with E-state index in [9.17, 15) is 4.79 Å². The lowest BCUT2D eigenvalue weighted by Crippen LogP contribution is -2.30. The van der Waals surface area contributed by atoms with Crippen LogP contribution in [0, 0.1) is 0 Å². The van der Waals surface area contributed by atoms with E-state index in [1.165, 1.54) is 11.8 Å². The fraction of sp³-hybridized carbons (Fsp3) is 0.261. The summed E-state index contributed by atoms with van der Waals surface area (Å²) in [6, 6.07) is 14.5. The lowest BCUT2D eigenvalue weighted by molar-refractivity contribution is -0.143. The Hall–Kier alpha value is -2.48. The SMILES string of the molecule is CC1=C(C(=O)OC(C)C)C(c2ccccc2Cl)n2nc(SCc3ccccc3Cl)nc2N1. The van der Waals surface area contributed by atoms with Gasteiger partial charge in [-0.25, -0.2) is 9.48 Å². The van der Waals surface area contributed by atoms with Gasteiger partial charge in [0.15, 0.2) is 0 Å². The number of hydrogen-bond acceptors (Lipinski definition) is 6. The van der Waals surface area contributed by atoms with Gasteiger partial charge in [0.2, 0.25) is 11.1 Å². The summed E-state index contributed by atoms with van der Waals surface area (Å²) < 4.78 is 7.23. The van der Waals surface area contributed by atoms with Crippen molar-refractivity contribution in [3.05, 3.63) is 81.0 Å². The highest BCUT2D eigenvalue weighted by Crippen LogP contribution is 2.39. The summed E-state index contributed by atoms with van der Waals surface area (Å²) in [5.41, 5.74) is 2.85. The molecule has 6 nitrogen and oxygen atoms in total. The molecule has 0 fully saturated rings. The molecule has 1 aliphatic heterocycles. The van der Waals surface area contributed by atoms with Crippen LogP contribution < -0.4 is 5.32 Å². The number of benzene rings is 2. The van der Waals surface area contributed by atoms with E-state index >= 15 is 0 Å². The number of nitrogens with one attached hydrogen (secondary N) is 1. The second kappa shape index (κ2) is 9.57. The molecule has 0 spiro atoms.